The Balaban J connectivity index is 1.93. The van der Waals surface area contributed by atoms with E-state index in [2.05, 4.69) is 24.5 Å². The van der Waals surface area contributed by atoms with E-state index in [0.717, 1.165) is 17.7 Å². The normalized spacial score (nSPS) is 27.1. The number of carbonyl (C=O) groups is 1. The largest absolute Gasteiger partial charge is 0.335 e. The summed E-state index contributed by atoms with van der Waals surface area (Å²) >= 11 is 0. The maximum Gasteiger partial charge on any atom is 0.319 e. The minimum absolute atomic E-state index is 0.0319. The third kappa shape index (κ3) is 3.51. The molecule has 0 aromatic heterocycles. The molecule has 4 N–H and O–H groups in total. The molecule has 20 heavy (non-hydrogen) atoms. The predicted octanol–water partition coefficient (Wildman–Crippen LogP) is 3.26. The van der Waals surface area contributed by atoms with Gasteiger partial charge in [-0.1, -0.05) is 26.0 Å². The second-order valence-electron chi connectivity index (χ2n) is 6.03. The van der Waals surface area contributed by atoms with Crippen LogP contribution in [0.25, 0.3) is 0 Å². The highest BCUT2D eigenvalue weighted by Crippen LogP contribution is 2.31. The van der Waals surface area contributed by atoms with Crippen LogP contribution in [0.4, 0.5) is 10.5 Å². The van der Waals surface area contributed by atoms with Crippen molar-refractivity contribution in [2.45, 2.75) is 45.7 Å². The summed E-state index contributed by atoms with van der Waals surface area (Å²) in [5, 5.41) is 5.97. The predicted molar refractivity (Wildman–Crippen MR) is 82.5 cm³/mol. The molecule has 0 heterocycles. The van der Waals surface area contributed by atoms with E-state index in [0.29, 0.717) is 11.8 Å². The van der Waals surface area contributed by atoms with Crippen LogP contribution in [-0.4, -0.2) is 12.1 Å². The summed E-state index contributed by atoms with van der Waals surface area (Å²) in [5.41, 5.74) is 7.66. The Morgan fingerprint density at radius 2 is 2.10 bits per heavy atom. The van der Waals surface area contributed by atoms with E-state index >= 15 is 0 Å². The number of urea groups is 1. The molecule has 4 atom stereocenters. The fraction of sp³-hybridized carbons (Fsp3) is 0.562. The SMILES string of the molecule is CC(N)c1cccc(NC(=O)NC2CCC(C)C2C)c1. The molecule has 110 valence electrons. The molecule has 0 bridgehead atoms. The number of hydrogen-bond donors (Lipinski definition) is 3. The first-order valence-corrected chi connectivity index (χ1v) is 7.40. The minimum Gasteiger partial charge on any atom is -0.335 e. The molecule has 1 aromatic rings. The summed E-state index contributed by atoms with van der Waals surface area (Å²) in [7, 11) is 0. The summed E-state index contributed by atoms with van der Waals surface area (Å²) in [6.45, 7) is 6.39. The molecule has 0 radical (unpaired) electrons. The zero-order valence-corrected chi connectivity index (χ0v) is 12.5. The van der Waals surface area contributed by atoms with E-state index < -0.39 is 0 Å². The minimum atomic E-state index is -0.127. The maximum atomic E-state index is 12.0. The number of nitrogens with one attached hydrogen (secondary N) is 2. The van der Waals surface area contributed by atoms with Gasteiger partial charge in [0.2, 0.25) is 0 Å². The average molecular weight is 275 g/mol. The van der Waals surface area contributed by atoms with E-state index in [1.165, 1.54) is 6.42 Å². The lowest BCUT2D eigenvalue weighted by atomic mass is 9.98. The first-order chi connectivity index (χ1) is 9.47. The molecule has 4 heteroatoms. The van der Waals surface area contributed by atoms with Crippen molar-refractivity contribution in [1.29, 1.82) is 0 Å². The third-order valence-electron chi connectivity index (χ3n) is 4.45. The van der Waals surface area contributed by atoms with E-state index in [1.807, 2.05) is 31.2 Å². The van der Waals surface area contributed by atoms with Gasteiger partial charge >= 0.3 is 6.03 Å². The van der Waals surface area contributed by atoms with Crippen LogP contribution in [0, 0.1) is 11.8 Å². The van der Waals surface area contributed by atoms with Crippen LogP contribution in [0.15, 0.2) is 24.3 Å². The summed E-state index contributed by atoms with van der Waals surface area (Å²) in [4.78, 5) is 12.0. The number of hydrogen-bond acceptors (Lipinski definition) is 2. The van der Waals surface area contributed by atoms with Crippen molar-refractivity contribution in [3.05, 3.63) is 29.8 Å². The summed E-state index contributed by atoms with van der Waals surface area (Å²) in [5.74, 6) is 1.22. The number of rotatable bonds is 3. The molecule has 1 fully saturated rings. The maximum absolute atomic E-state index is 12.0. The van der Waals surface area contributed by atoms with Crippen molar-refractivity contribution in [3.8, 4) is 0 Å². The first-order valence-electron chi connectivity index (χ1n) is 7.40. The van der Waals surface area contributed by atoms with Crippen LogP contribution in [0.3, 0.4) is 0 Å². The molecule has 1 saturated carbocycles. The molecule has 4 nitrogen and oxygen atoms in total. The lowest BCUT2D eigenvalue weighted by Gasteiger charge is -2.20. The highest BCUT2D eigenvalue weighted by Gasteiger charge is 2.30. The molecule has 1 aliphatic carbocycles. The second kappa shape index (κ2) is 6.27. The highest BCUT2D eigenvalue weighted by atomic mass is 16.2. The Morgan fingerprint density at radius 1 is 1.35 bits per heavy atom. The lowest BCUT2D eigenvalue weighted by molar-refractivity contribution is 0.244. The summed E-state index contributed by atoms with van der Waals surface area (Å²) < 4.78 is 0. The van der Waals surface area contributed by atoms with Gasteiger partial charge in [0.25, 0.3) is 0 Å². The fourth-order valence-corrected chi connectivity index (χ4v) is 2.80. The average Bonchev–Trinajstić information content (AvgIpc) is 2.71. The number of amides is 2. The molecule has 2 rings (SSSR count). The quantitative estimate of drug-likeness (QED) is 0.792. The van der Waals surface area contributed by atoms with Crippen molar-refractivity contribution in [1.82, 2.24) is 5.32 Å². The number of benzene rings is 1. The smallest absolute Gasteiger partial charge is 0.319 e. The van der Waals surface area contributed by atoms with Crippen LogP contribution >= 0.6 is 0 Å². The van der Waals surface area contributed by atoms with Gasteiger partial charge in [-0.3, -0.25) is 0 Å². The summed E-state index contributed by atoms with van der Waals surface area (Å²) in [6.07, 6.45) is 2.25. The zero-order valence-electron chi connectivity index (χ0n) is 12.5. The fourth-order valence-electron chi connectivity index (χ4n) is 2.80. The van der Waals surface area contributed by atoms with Gasteiger partial charge in [-0.2, -0.15) is 0 Å². The van der Waals surface area contributed by atoms with Crippen LogP contribution in [0.5, 0.6) is 0 Å². The van der Waals surface area contributed by atoms with Crippen LogP contribution in [-0.2, 0) is 0 Å². The molecule has 1 aromatic carbocycles. The zero-order chi connectivity index (χ0) is 14.7. The molecule has 0 saturated heterocycles. The molecule has 0 aliphatic heterocycles. The van der Waals surface area contributed by atoms with Crippen molar-refractivity contribution in [3.63, 3.8) is 0 Å². The van der Waals surface area contributed by atoms with Gasteiger partial charge in [0.15, 0.2) is 0 Å². The van der Waals surface area contributed by atoms with E-state index in [1.54, 1.807) is 0 Å². The molecule has 4 unspecified atom stereocenters. The van der Waals surface area contributed by atoms with E-state index in [-0.39, 0.29) is 18.1 Å². The van der Waals surface area contributed by atoms with Gasteiger partial charge in [0.05, 0.1) is 0 Å². The first kappa shape index (κ1) is 14.9. The number of carbonyl (C=O) groups excluding carboxylic acids is 1. The molecule has 0 spiro atoms. The topological polar surface area (TPSA) is 67.1 Å². The molecule has 2 amide bonds. The Kier molecular flexibility index (Phi) is 4.65. The second-order valence-corrected chi connectivity index (χ2v) is 6.03. The van der Waals surface area contributed by atoms with Gasteiger partial charge in [-0.05, 0) is 49.3 Å². The van der Waals surface area contributed by atoms with Gasteiger partial charge in [-0.15, -0.1) is 0 Å². The Hall–Kier alpha value is -1.55. The lowest BCUT2D eigenvalue weighted by Crippen LogP contribution is -2.40. The van der Waals surface area contributed by atoms with Gasteiger partial charge in [0, 0.05) is 17.8 Å². The van der Waals surface area contributed by atoms with Crippen molar-refractivity contribution >= 4 is 11.7 Å². The van der Waals surface area contributed by atoms with Gasteiger partial charge < -0.3 is 16.4 Å². The Morgan fingerprint density at radius 3 is 2.70 bits per heavy atom. The van der Waals surface area contributed by atoms with Crippen molar-refractivity contribution < 1.29 is 4.79 Å². The highest BCUT2D eigenvalue weighted by molar-refractivity contribution is 5.89. The monoisotopic (exact) mass is 275 g/mol. The summed E-state index contributed by atoms with van der Waals surface area (Å²) in [6, 6.07) is 7.80. The van der Waals surface area contributed by atoms with E-state index in [4.69, 9.17) is 5.73 Å². The molecule has 1 aliphatic rings. The Bertz CT molecular complexity index is 473. The standard InChI is InChI=1S/C16H25N3O/c1-10-7-8-15(11(10)2)19-16(20)18-14-6-4-5-13(9-14)12(3)17/h4-6,9-12,15H,7-8,17H2,1-3H3,(H2,18,19,20). The Labute approximate surface area is 121 Å². The van der Waals surface area contributed by atoms with Crippen LogP contribution in [0.2, 0.25) is 0 Å². The molecular weight excluding hydrogens is 250 g/mol. The van der Waals surface area contributed by atoms with Crippen LogP contribution in [0.1, 0.15) is 45.2 Å². The number of anilines is 1. The van der Waals surface area contributed by atoms with Crippen molar-refractivity contribution in [2.24, 2.45) is 17.6 Å². The van der Waals surface area contributed by atoms with Gasteiger partial charge in [-0.25, -0.2) is 4.79 Å². The van der Waals surface area contributed by atoms with Crippen LogP contribution < -0.4 is 16.4 Å². The van der Waals surface area contributed by atoms with Gasteiger partial charge in [0.1, 0.15) is 0 Å². The third-order valence-corrected chi connectivity index (χ3v) is 4.45. The molecular formula is C16H25N3O. The van der Waals surface area contributed by atoms with E-state index in [9.17, 15) is 4.79 Å². The number of nitrogens with two attached hydrogens (primary N) is 1. The van der Waals surface area contributed by atoms with Crippen molar-refractivity contribution in [2.75, 3.05) is 5.32 Å².